The number of carbonyl (C=O) groups is 5. The van der Waals surface area contributed by atoms with E-state index in [0.29, 0.717) is 51.9 Å². The molecule has 0 radical (unpaired) electrons. The van der Waals surface area contributed by atoms with E-state index in [1.807, 2.05) is 64.1 Å². The van der Waals surface area contributed by atoms with Crippen molar-refractivity contribution >= 4 is 46.7 Å². The number of anilines is 1. The number of β-amino-alcohol motifs (C(OH)–C–C–N with tert-alkyl or cyclic N) is 2. The molecule has 22 nitrogen and oxygen atoms in total. The Kier molecular flexibility index (Phi) is 22.2. The summed E-state index contributed by atoms with van der Waals surface area (Å²) < 4.78 is 27.6. The van der Waals surface area contributed by atoms with E-state index in [9.17, 15) is 34.2 Å². The van der Waals surface area contributed by atoms with E-state index < -0.39 is 47.4 Å². The van der Waals surface area contributed by atoms with E-state index in [4.69, 9.17) is 23.7 Å². The third-order valence-electron chi connectivity index (χ3n) is 13.3. The Morgan fingerprint density at radius 1 is 0.818 bits per heavy atom. The summed E-state index contributed by atoms with van der Waals surface area (Å²) in [6.07, 6.45) is 0.707. The van der Waals surface area contributed by atoms with Crippen LogP contribution in [-0.4, -0.2) is 205 Å². The molecule has 77 heavy (non-hydrogen) atoms. The highest BCUT2D eigenvalue weighted by Gasteiger charge is 2.44. The first-order chi connectivity index (χ1) is 37.1. The summed E-state index contributed by atoms with van der Waals surface area (Å²) in [5.74, 6) is -1.44. The van der Waals surface area contributed by atoms with Crippen molar-refractivity contribution in [2.45, 2.75) is 84.0 Å². The standard InChI is InChI=1S/C54H74N10O12S/c1-36-49(77-35-59-36)39-11-9-37(10-12-39)25-55-52(70)45-23-42(65)31-64(45)53(71)50(54(2,3)4)61-47(67)32-75-21-19-73-17-15-72-16-18-74-20-22-76-33-48(68)63-28-41(29-63)60-46-24-44(57-34-58-46)51(69)56-26-43(66)30-62-14-13-38-7-5-6-8-40(38)27-62/h5-12,24,34-35,41-43,45,50,65-66H,13-23,25-33H2,1-4H3,(H,55,70)(H,56,69)(H,61,67)(H,57,58,60). The van der Waals surface area contributed by atoms with E-state index >= 15 is 0 Å². The first-order valence-electron chi connectivity index (χ1n) is 26.2. The van der Waals surface area contributed by atoms with Crippen LogP contribution in [-0.2, 0) is 62.4 Å². The molecule has 0 bridgehead atoms. The number of rotatable bonds is 29. The minimum atomic E-state index is -0.981. The van der Waals surface area contributed by atoms with E-state index in [1.165, 1.54) is 22.4 Å². The van der Waals surface area contributed by atoms with Crippen molar-refractivity contribution in [2.75, 3.05) is 111 Å². The van der Waals surface area contributed by atoms with Crippen molar-refractivity contribution in [3.05, 3.63) is 94.5 Å². The zero-order valence-electron chi connectivity index (χ0n) is 44.4. The van der Waals surface area contributed by atoms with Gasteiger partial charge in [-0.1, -0.05) is 69.3 Å². The van der Waals surface area contributed by atoms with Gasteiger partial charge in [0, 0.05) is 64.8 Å². The number of hydrogen-bond donors (Lipinski definition) is 6. The molecule has 418 valence electrons. The third-order valence-corrected chi connectivity index (χ3v) is 14.3. The normalized spacial score (nSPS) is 17.5. The van der Waals surface area contributed by atoms with Gasteiger partial charge in [0.2, 0.25) is 23.6 Å². The molecule has 2 fully saturated rings. The van der Waals surface area contributed by atoms with Crippen molar-refractivity contribution in [3.8, 4) is 10.4 Å². The smallest absolute Gasteiger partial charge is 0.270 e. The predicted octanol–water partition coefficient (Wildman–Crippen LogP) is 1.57. The van der Waals surface area contributed by atoms with E-state index in [-0.39, 0.29) is 89.2 Å². The molecule has 3 aliphatic heterocycles. The van der Waals surface area contributed by atoms with Crippen molar-refractivity contribution in [2.24, 2.45) is 5.41 Å². The molecule has 5 heterocycles. The molecule has 2 saturated heterocycles. The SMILES string of the molecule is Cc1ncsc1-c1ccc(CNC(=O)C2CC(O)CN2C(=O)C(NC(=O)COCCOCCOCCOCCOCC(=O)N2CC(Nc3cc(C(=O)NCC(O)CN4CCc5ccccc5C4)ncn3)C2)C(C)(C)C)cc1. The molecule has 2 aromatic heterocycles. The fraction of sp³-hybridized carbons (Fsp3) is 0.556. The van der Waals surface area contributed by atoms with Crippen LogP contribution >= 0.6 is 11.3 Å². The second-order valence-electron chi connectivity index (χ2n) is 20.4. The summed E-state index contributed by atoms with van der Waals surface area (Å²) in [5.41, 5.74) is 6.75. The fourth-order valence-corrected chi connectivity index (χ4v) is 9.90. The van der Waals surface area contributed by atoms with E-state index in [1.54, 1.807) is 27.8 Å². The first-order valence-corrected chi connectivity index (χ1v) is 27.0. The molecule has 0 aliphatic carbocycles. The number of thiazole rings is 1. The van der Waals surface area contributed by atoms with Crippen molar-refractivity contribution in [3.63, 3.8) is 0 Å². The van der Waals surface area contributed by atoms with E-state index in [2.05, 4.69) is 53.3 Å². The highest BCUT2D eigenvalue weighted by atomic mass is 32.1. The van der Waals surface area contributed by atoms with Gasteiger partial charge in [0.05, 0.1) is 87.2 Å². The Labute approximate surface area is 453 Å². The number of aryl methyl sites for hydroxylation is 1. The van der Waals surface area contributed by atoms with Gasteiger partial charge in [-0.3, -0.25) is 28.9 Å². The summed E-state index contributed by atoms with van der Waals surface area (Å²) in [6, 6.07) is 15.8. The molecule has 0 spiro atoms. The van der Waals surface area contributed by atoms with Crippen molar-refractivity contribution < 1.29 is 57.9 Å². The summed E-state index contributed by atoms with van der Waals surface area (Å²) in [7, 11) is 0. The topological polar surface area (TPSA) is 268 Å². The number of benzene rings is 2. The second kappa shape index (κ2) is 29.1. The fourth-order valence-electron chi connectivity index (χ4n) is 9.09. The quantitative estimate of drug-likeness (QED) is 0.0422. The number of ether oxygens (including phenoxy) is 5. The average Bonchev–Trinajstić information content (AvgIpc) is 4.03. The van der Waals surface area contributed by atoms with Gasteiger partial charge in [0.1, 0.15) is 43.1 Å². The minimum absolute atomic E-state index is 0.0290. The number of aliphatic hydroxyl groups excluding tert-OH is 2. The monoisotopic (exact) mass is 1090 g/mol. The van der Waals surface area contributed by atoms with Gasteiger partial charge in [-0.2, -0.15) is 0 Å². The number of fused-ring (bicyclic) bond motifs is 1. The molecule has 5 amide bonds. The number of aliphatic hydroxyl groups is 2. The van der Waals surface area contributed by atoms with Gasteiger partial charge in [0.15, 0.2) is 0 Å². The maximum absolute atomic E-state index is 13.9. The van der Waals surface area contributed by atoms with Crippen LogP contribution in [0.2, 0.25) is 0 Å². The first kappa shape index (κ1) is 58.7. The van der Waals surface area contributed by atoms with Crippen LogP contribution < -0.4 is 21.3 Å². The average molecular weight is 1090 g/mol. The number of nitrogens with zero attached hydrogens (tertiary/aromatic N) is 6. The number of likely N-dealkylation sites (tertiary alicyclic amines) is 2. The second-order valence-corrected chi connectivity index (χ2v) is 21.3. The van der Waals surface area contributed by atoms with Crippen molar-refractivity contribution in [1.29, 1.82) is 0 Å². The lowest BCUT2D eigenvalue weighted by Gasteiger charge is -2.39. The Hall–Kier alpha value is -6.02. The number of nitrogens with one attached hydrogen (secondary N) is 4. The summed E-state index contributed by atoms with van der Waals surface area (Å²) in [6.45, 7) is 12.4. The Bertz CT molecular complexity index is 2560. The molecule has 23 heteroatoms. The van der Waals surface area contributed by atoms with Crippen LogP contribution in [0.1, 0.15) is 60.1 Å². The van der Waals surface area contributed by atoms with Gasteiger partial charge in [-0.25, -0.2) is 15.0 Å². The van der Waals surface area contributed by atoms with Crippen LogP contribution in [0.3, 0.4) is 0 Å². The summed E-state index contributed by atoms with van der Waals surface area (Å²) >= 11 is 1.57. The molecular formula is C54H74N10O12S. The Morgan fingerprint density at radius 2 is 1.48 bits per heavy atom. The highest BCUT2D eigenvalue weighted by Crippen LogP contribution is 2.29. The van der Waals surface area contributed by atoms with Gasteiger partial charge in [0.25, 0.3) is 5.91 Å². The molecule has 6 N–H and O–H groups in total. The molecule has 4 atom stereocenters. The predicted molar refractivity (Wildman–Crippen MR) is 286 cm³/mol. The molecule has 4 aromatic rings. The molecule has 7 rings (SSSR count). The minimum Gasteiger partial charge on any atom is -0.391 e. The van der Waals surface area contributed by atoms with Crippen LogP contribution in [0.4, 0.5) is 5.82 Å². The lowest BCUT2D eigenvalue weighted by atomic mass is 9.85. The lowest BCUT2D eigenvalue weighted by molar-refractivity contribution is -0.144. The Balaban J connectivity index is 0.665. The van der Waals surface area contributed by atoms with Gasteiger partial charge >= 0.3 is 0 Å². The molecule has 0 saturated carbocycles. The largest absolute Gasteiger partial charge is 0.391 e. The number of aromatic nitrogens is 3. The Morgan fingerprint density at radius 3 is 2.14 bits per heavy atom. The van der Waals surface area contributed by atoms with Crippen LogP contribution in [0.25, 0.3) is 10.4 Å². The molecule has 2 aromatic carbocycles. The van der Waals surface area contributed by atoms with Crippen LogP contribution in [0, 0.1) is 12.3 Å². The third kappa shape index (κ3) is 18.0. The molecule has 3 aliphatic rings. The number of amides is 5. The van der Waals surface area contributed by atoms with Crippen molar-refractivity contribution in [1.82, 2.24) is 45.6 Å². The maximum Gasteiger partial charge on any atom is 0.270 e. The van der Waals surface area contributed by atoms with E-state index in [0.717, 1.165) is 41.2 Å². The van der Waals surface area contributed by atoms with Gasteiger partial charge < -0.3 is 65.0 Å². The number of carbonyl (C=O) groups excluding carboxylic acids is 5. The summed E-state index contributed by atoms with van der Waals surface area (Å²) in [4.78, 5) is 84.6. The molecule has 4 unspecified atom stereocenters. The highest BCUT2D eigenvalue weighted by molar-refractivity contribution is 7.13. The zero-order valence-corrected chi connectivity index (χ0v) is 45.3. The lowest BCUT2D eigenvalue weighted by Crippen LogP contribution is -2.58. The number of hydrogen-bond acceptors (Lipinski definition) is 18. The molecular weight excluding hydrogens is 1010 g/mol. The van der Waals surface area contributed by atoms with Crippen LogP contribution in [0.5, 0.6) is 0 Å². The van der Waals surface area contributed by atoms with Crippen LogP contribution in [0.15, 0.2) is 66.4 Å². The zero-order chi connectivity index (χ0) is 54.7. The summed E-state index contributed by atoms with van der Waals surface area (Å²) in [5, 5.41) is 32.8. The van der Waals surface area contributed by atoms with Gasteiger partial charge in [-0.05, 0) is 41.0 Å². The maximum atomic E-state index is 13.9. The van der Waals surface area contributed by atoms with Gasteiger partial charge in [-0.15, -0.1) is 11.3 Å².